The Bertz CT molecular complexity index is 347. The van der Waals surface area contributed by atoms with Crippen LogP contribution >= 0.6 is 0 Å². The molecule has 2 unspecified atom stereocenters. The van der Waals surface area contributed by atoms with Crippen molar-refractivity contribution < 1.29 is 0 Å². The molecule has 0 amide bonds. The second kappa shape index (κ2) is 6.89. The smallest absolute Gasteiger partial charge is 0.106 e. The van der Waals surface area contributed by atoms with Crippen molar-refractivity contribution in [3.63, 3.8) is 0 Å². The Morgan fingerprint density at radius 2 is 2.10 bits per heavy atom. The lowest BCUT2D eigenvalue weighted by Gasteiger charge is -2.38. The van der Waals surface area contributed by atoms with Gasteiger partial charge < -0.3 is 4.90 Å². The molecule has 4 heteroatoms. The molecule has 1 saturated carbocycles. The topological polar surface area (TPSA) is 42.3 Å². The third-order valence-corrected chi connectivity index (χ3v) is 4.89. The molecule has 0 radical (unpaired) electrons. The van der Waals surface area contributed by atoms with Crippen LogP contribution in [-0.2, 0) is 0 Å². The molecule has 0 aromatic rings. The van der Waals surface area contributed by atoms with E-state index < -0.39 is 0 Å². The summed E-state index contributed by atoms with van der Waals surface area (Å²) >= 11 is 0. The van der Waals surface area contributed by atoms with Crippen molar-refractivity contribution >= 4 is 0 Å². The Morgan fingerprint density at radius 1 is 1.35 bits per heavy atom. The first-order valence-corrected chi connectivity index (χ1v) is 8.20. The van der Waals surface area contributed by atoms with Gasteiger partial charge in [0.25, 0.3) is 0 Å². The summed E-state index contributed by atoms with van der Waals surface area (Å²) in [5, 5.41) is 13.1. The Morgan fingerprint density at radius 3 is 2.65 bits per heavy atom. The van der Waals surface area contributed by atoms with Gasteiger partial charge in [0.15, 0.2) is 0 Å². The number of nitrogens with zero attached hydrogens (tertiary/aromatic N) is 3. The van der Waals surface area contributed by atoms with Crippen molar-refractivity contribution in [2.24, 2.45) is 0 Å². The molecule has 2 aliphatic rings. The minimum atomic E-state index is -0.281. The Hall–Kier alpha value is -0.630. The average Bonchev–Trinajstić information content (AvgIpc) is 3.24. The lowest BCUT2D eigenvalue weighted by atomic mass is 9.91. The number of nitrogens with one attached hydrogen (secondary N) is 1. The van der Waals surface area contributed by atoms with E-state index in [-0.39, 0.29) is 5.54 Å². The van der Waals surface area contributed by atoms with Crippen LogP contribution < -0.4 is 5.32 Å². The van der Waals surface area contributed by atoms with Gasteiger partial charge in [-0.1, -0.05) is 6.92 Å². The minimum Gasteiger partial charge on any atom is -0.304 e. The van der Waals surface area contributed by atoms with Crippen LogP contribution in [0.3, 0.4) is 0 Å². The van der Waals surface area contributed by atoms with Crippen molar-refractivity contribution in [1.82, 2.24) is 15.1 Å². The van der Waals surface area contributed by atoms with Gasteiger partial charge in [-0.05, 0) is 52.6 Å². The molecule has 2 atom stereocenters. The third-order valence-electron chi connectivity index (χ3n) is 4.89. The summed E-state index contributed by atoms with van der Waals surface area (Å²) in [4.78, 5) is 4.98. The van der Waals surface area contributed by atoms with Crippen LogP contribution in [0, 0.1) is 11.3 Å². The zero-order valence-corrected chi connectivity index (χ0v) is 13.4. The van der Waals surface area contributed by atoms with Crippen molar-refractivity contribution in [1.29, 1.82) is 5.26 Å². The highest BCUT2D eigenvalue weighted by Gasteiger charge is 2.34. The summed E-state index contributed by atoms with van der Waals surface area (Å²) in [7, 11) is 2.20. The van der Waals surface area contributed by atoms with Crippen molar-refractivity contribution in [3.05, 3.63) is 0 Å². The fourth-order valence-electron chi connectivity index (χ4n) is 3.23. The zero-order valence-electron chi connectivity index (χ0n) is 13.4. The number of hydrogen-bond acceptors (Lipinski definition) is 4. The van der Waals surface area contributed by atoms with Gasteiger partial charge in [0.1, 0.15) is 5.54 Å². The number of hydrogen-bond donors (Lipinski definition) is 1. The van der Waals surface area contributed by atoms with E-state index >= 15 is 0 Å². The van der Waals surface area contributed by atoms with Crippen LogP contribution in [0.2, 0.25) is 0 Å². The highest BCUT2D eigenvalue weighted by molar-refractivity contribution is 5.09. The fourth-order valence-corrected chi connectivity index (χ4v) is 3.23. The average molecular weight is 278 g/mol. The van der Waals surface area contributed by atoms with Gasteiger partial charge in [0, 0.05) is 31.7 Å². The second-order valence-electron chi connectivity index (χ2n) is 6.72. The van der Waals surface area contributed by atoms with Gasteiger partial charge in [-0.15, -0.1) is 0 Å². The van der Waals surface area contributed by atoms with Crippen LogP contribution in [0.25, 0.3) is 0 Å². The van der Waals surface area contributed by atoms with E-state index in [4.69, 9.17) is 0 Å². The van der Waals surface area contributed by atoms with Crippen LogP contribution in [0.4, 0.5) is 0 Å². The van der Waals surface area contributed by atoms with Gasteiger partial charge in [-0.2, -0.15) is 5.26 Å². The minimum absolute atomic E-state index is 0.281. The van der Waals surface area contributed by atoms with Crippen molar-refractivity contribution in [2.75, 3.05) is 33.2 Å². The number of rotatable bonds is 7. The first-order valence-electron chi connectivity index (χ1n) is 8.20. The van der Waals surface area contributed by atoms with Gasteiger partial charge in [-0.25, -0.2) is 0 Å². The summed E-state index contributed by atoms with van der Waals surface area (Å²) in [6.45, 7) is 9.08. The van der Waals surface area contributed by atoms with Crippen molar-refractivity contribution in [3.8, 4) is 6.07 Å². The summed E-state index contributed by atoms with van der Waals surface area (Å²) in [6.07, 6.45) is 5.51. The Labute approximate surface area is 124 Å². The van der Waals surface area contributed by atoms with E-state index in [9.17, 15) is 5.26 Å². The molecule has 2 rings (SSSR count). The van der Waals surface area contributed by atoms with E-state index in [0.29, 0.717) is 12.1 Å². The fraction of sp³-hybridized carbons (Fsp3) is 0.938. The summed E-state index contributed by atoms with van der Waals surface area (Å²) in [6, 6.07) is 3.81. The molecule has 1 N–H and O–H groups in total. The van der Waals surface area contributed by atoms with Crippen molar-refractivity contribution in [2.45, 2.75) is 63.6 Å². The highest BCUT2D eigenvalue weighted by atomic mass is 15.3. The van der Waals surface area contributed by atoms with Gasteiger partial charge in [-0.3, -0.25) is 10.2 Å². The third kappa shape index (κ3) is 4.18. The summed E-state index contributed by atoms with van der Waals surface area (Å²) < 4.78 is 0. The lowest BCUT2D eigenvalue weighted by Crippen LogP contribution is -2.51. The molecule has 0 aromatic carbocycles. The predicted octanol–water partition coefficient (Wildman–Crippen LogP) is 1.83. The molecular weight excluding hydrogens is 248 g/mol. The molecule has 1 aliphatic carbocycles. The van der Waals surface area contributed by atoms with Gasteiger partial charge in [0.05, 0.1) is 6.07 Å². The Kier molecular flexibility index (Phi) is 5.42. The van der Waals surface area contributed by atoms with Gasteiger partial charge >= 0.3 is 0 Å². The molecule has 20 heavy (non-hydrogen) atoms. The second-order valence-corrected chi connectivity index (χ2v) is 6.72. The molecule has 0 bridgehead atoms. The first-order chi connectivity index (χ1) is 9.58. The largest absolute Gasteiger partial charge is 0.304 e. The molecular formula is C16H30N4. The van der Waals surface area contributed by atoms with E-state index in [0.717, 1.165) is 32.4 Å². The van der Waals surface area contributed by atoms with E-state index in [1.807, 2.05) is 0 Å². The maximum Gasteiger partial charge on any atom is 0.106 e. The van der Waals surface area contributed by atoms with Crippen LogP contribution in [-0.4, -0.2) is 60.6 Å². The Balaban J connectivity index is 1.76. The maximum absolute atomic E-state index is 9.54. The number of nitriles is 1. The molecule has 4 nitrogen and oxygen atoms in total. The first kappa shape index (κ1) is 15.8. The molecule has 0 aromatic heterocycles. The number of likely N-dealkylation sites (N-methyl/N-ethyl adjacent to an activating group) is 1. The van der Waals surface area contributed by atoms with Crippen LogP contribution in [0.1, 0.15) is 46.0 Å². The zero-order chi connectivity index (χ0) is 14.6. The molecule has 1 heterocycles. The standard InChI is InChI=1S/C16H30N4/c1-4-16(13-17,18-15-6-7-15)8-5-9-20-11-10-19(3)12-14(20)2/h14-15,18H,4-12H2,1-3H3. The van der Waals surface area contributed by atoms with Crippen LogP contribution in [0.5, 0.6) is 0 Å². The normalized spacial score (nSPS) is 28.0. The van der Waals surface area contributed by atoms with E-state index in [1.165, 1.54) is 25.9 Å². The molecule has 1 aliphatic heterocycles. The monoisotopic (exact) mass is 278 g/mol. The van der Waals surface area contributed by atoms with E-state index in [1.54, 1.807) is 0 Å². The maximum atomic E-state index is 9.54. The molecule has 1 saturated heterocycles. The molecule has 2 fully saturated rings. The van der Waals surface area contributed by atoms with Gasteiger partial charge in [0.2, 0.25) is 0 Å². The predicted molar refractivity (Wildman–Crippen MR) is 82.6 cm³/mol. The highest BCUT2D eigenvalue weighted by Crippen LogP contribution is 2.26. The summed E-state index contributed by atoms with van der Waals surface area (Å²) in [5.41, 5.74) is -0.281. The quantitative estimate of drug-likeness (QED) is 0.771. The summed E-state index contributed by atoms with van der Waals surface area (Å²) in [5.74, 6) is 0. The van der Waals surface area contributed by atoms with E-state index in [2.05, 4.69) is 42.1 Å². The molecule has 0 spiro atoms. The van der Waals surface area contributed by atoms with Crippen LogP contribution in [0.15, 0.2) is 0 Å². The number of piperazine rings is 1. The molecule has 114 valence electrons. The SMILES string of the molecule is CCC(C#N)(CCCN1CCN(C)CC1C)NC1CC1. The lowest BCUT2D eigenvalue weighted by molar-refractivity contribution is 0.0965.